The number of rotatable bonds is 5. The highest BCUT2D eigenvalue weighted by molar-refractivity contribution is 6.75. The highest BCUT2D eigenvalue weighted by atomic mass is 28.4. The van der Waals surface area contributed by atoms with Crippen LogP contribution in [0.5, 0.6) is 11.5 Å². The van der Waals surface area contributed by atoms with E-state index in [1.807, 2.05) is 0 Å². The summed E-state index contributed by atoms with van der Waals surface area (Å²) in [5, 5.41) is 13.5. The molecule has 4 nitrogen and oxygen atoms in total. The summed E-state index contributed by atoms with van der Waals surface area (Å²) in [5.74, 6) is 1.91. The average molecular weight is 450 g/mol. The van der Waals surface area contributed by atoms with Crippen LogP contribution in [0.25, 0.3) is 0 Å². The van der Waals surface area contributed by atoms with E-state index in [-0.39, 0.29) is 16.0 Å². The lowest BCUT2D eigenvalue weighted by Crippen LogP contribution is -2.44. The van der Waals surface area contributed by atoms with E-state index in [1.165, 1.54) is 0 Å². The van der Waals surface area contributed by atoms with Gasteiger partial charge in [0.1, 0.15) is 11.5 Å². The van der Waals surface area contributed by atoms with Crippen molar-refractivity contribution < 1.29 is 14.1 Å². The molecule has 1 unspecified atom stereocenters. The van der Waals surface area contributed by atoms with Crippen molar-refractivity contribution in [1.82, 2.24) is 0 Å². The average Bonchev–Trinajstić information content (AvgIpc) is 2.59. The Morgan fingerprint density at radius 3 is 2.00 bits per heavy atom. The fourth-order valence-corrected chi connectivity index (χ4v) is 5.34. The minimum atomic E-state index is -2.04. The molecule has 1 atom stereocenters. The van der Waals surface area contributed by atoms with Gasteiger partial charge in [0.2, 0.25) is 16.6 Å². The van der Waals surface area contributed by atoms with Gasteiger partial charge >= 0.3 is 0 Å². The first kappa shape index (κ1) is 25.0. The third-order valence-corrected chi connectivity index (χ3v) is 16.1. The third-order valence-electron chi connectivity index (χ3n) is 7.42. The van der Waals surface area contributed by atoms with Crippen molar-refractivity contribution in [2.45, 2.75) is 109 Å². The summed E-state index contributed by atoms with van der Waals surface area (Å²) in [6.45, 7) is 22.6. The van der Waals surface area contributed by atoms with Gasteiger partial charge in [0, 0.05) is 17.5 Å². The topological polar surface area (TPSA) is 51.0 Å². The fourth-order valence-electron chi connectivity index (χ4n) is 3.28. The summed E-state index contributed by atoms with van der Waals surface area (Å²) in [6, 6.07) is 6.32. The van der Waals surface area contributed by atoms with Gasteiger partial charge in [-0.3, -0.25) is 0 Å². The van der Waals surface area contributed by atoms with Crippen LogP contribution in [0.1, 0.15) is 78.7 Å². The smallest absolute Gasteiger partial charge is 0.250 e. The molecule has 0 aromatic heterocycles. The van der Waals surface area contributed by atoms with E-state index in [0.29, 0.717) is 0 Å². The number of hydrogen-bond donors (Lipinski definition) is 1. The summed E-state index contributed by atoms with van der Waals surface area (Å²) in [4.78, 5) is 0. The third kappa shape index (κ3) is 5.50. The van der Waals surface area contributed by atoms with Gasteiger partial charge in [0.05, 0.1) is 5.71 Å². The molecule has 1 aromatic rings. The van der Waals surface area contributed by atoms with Gasteiger partial charge in [-0.25, -0.2) is 0 Å². The van der Waals surface area contributed by atoms with Crippen molar-refractivity contribution in [3.63, 3.8) is 0 Å². The molecule has 30 heavy (non-hydrogen) atoms. The van der Waals surface area contributed by atoms with Crippen molar-refractivity contribution in [2.75, 3.05) is 0 Å². The molecule has 1 aromatic carbocycles. The van der Waals surface area contributed by atoms with Gasteiger partial charge in [-0.1, -0.05) is 59.2 Å². The van der Waals surface area contributed by atoms with Crippen LogP contribution < -0.4 is 8.85 Å². The summed E-state index contributed by atoms with van der Waals surface area (Å²) in [6.07, 6.45) is 4.07. The molecule has 1 fully saturated rings. The minimum absolute atomic E-state index is 0.0982. The van der Waals surface area contributed by atoms with E-state index < -0.39 is 16.6 Å². The van der Waals surface area contributed by atoms with E-state index in [1.54, 1.807) is 0 Å². The van der Waals surface area contributed by atoms with Crippen LogP contribution >= 0.6 is 0 Å². The second-order valence-corrected chi connectivity index (χ2v) is 21.3. The van der Waals surface area contributed by atoms with Crippen LogP contribution in [0.4, 0.5) is 0 Å². The summed E-state index contributed by atoms with van der Waals surface area (Å²) >= 11 is 0. The summed E-state index contributed by atoms with van der Waals surface area (Å²) in [5.41, 5.74) is 2.01. The van der Waals surface area contributed by atoms with Crippen molar-refractivity contribution in [2.24, 2.45) is 5.16 Å². The molecular formula is C24H43NO3Si2. The lowest BCUT2D eigenvalue weighted by molar-refractivity contribution is 0.312. The molecule has 0 spiro atoms. The highest BCUT2D eigenvalue weighted by Crippen LogP contribution is 2.44. The lowest BCUT2D eigenvalue weighted by Gasteiger charge is -2.39. The number of hydrogen-bond acceptors (Lipinski definition) is 4. The van der Waals surface area contributed by atoms with Crippen LogP contribution in [0.2, 0.25) is 36.3 Å². The molecule has 0 radical (unpaired) electrons. The highest BCUT2D eigenvalue weighted by Gasteiger charge is 2.41. The maximum Gasteiger partial charge on any atom is 0.250 e. The van der Waals surface area contributed by atoms with Crippen molar-refractivity contribution >= 4 is 22.3 Å². The first-order chi connectivity index (χ1) is 13.6. The van der Waals surface area contributed by atoms with Crippen molar-refractivity contribution in [3.05, 3.63) is 23.8 Å². The van der Waals surface area contributed by atoms with Crippen LogP contribution in [0.3, 0.4) is 0 Å². The fraction of sp³-hybridized carbons (Fsp3) is 0.708. The molecule has 1 saturated carbocycles. The van der Waals surface area contributed by atoms with Crippen LogP contribution in [-0.2, 0) is 0 Å². The molecule has 0 amide bonds. The second kappa shape index (κ2) is 8.69. The first-order valence-electron chi connectivity index (χ1n) is 11.3. The Morgan fingerprint density at radius 2 is 1.47 bits per heavy atom. The Morgan fingerprint density at radius 1 is 0.900 bits per heavy atom. The maximum atomic E-state index is 9.61. The van der Waals surface area contributed by atoms with E-state index in [0.717, 1.165) is 48.5 Å². The van der Waals surface area contributed by atoms with Crippen LogP contribution in [0.15, 0.2) is 23.4 Å². The molecule has 1 N–H and O–H groups in total. The van der Waals surface area contributed by atoms with Gasteiger partial charge in [0.25, 0.3) is 0 Å². The lowest BCUT2D eigenvalue weighted by atomic mass is 9.82. The SMILES string of the molecule is CC(C)(C)[Si](C)(C)Oc1ccc(C2CCCCC2=NO)c(O[Si](C)(C)C(C)(C)C)c1. The molecule has 0 bridgehead atoms. The molecule has 2 rings (SSSR count). The Balaban J connectivity index is 2.52. The zero-order chi connectivity index (χ0) is 23.0. The predicted molar refractivity (Wildman–Crippen MR) is 133 cm³/mol. The normalized spacial score (nSPS) is 20.3. The van der Waals surface area contributed by atoms with E-state index >= 15 is 0 Å². The zero-order valence-electron chi connectivity index (χ0n) is 20.8. The minimum Gasteiger partial charge on any atom is -0.543 e. The zero-order valence-corrected chi connectivity index (χ0v) is 22.8. The quantitative estimate of drug-likeness (QED) is 0.282. The molecule has 170 valence electrons. The van der Waals surface area contributed by atoms with E-state index in [4.69, 9.17) is 8.85 Å². The molecule has 0 aliphatic heterocycles. The summed E-state index contributed by atoms with van der Waals surface area (Å²) < 4.78 is 13.4. The molecular weight excluding hydrogens is 406 g/mol. The van der Waals surface area contributed by atoms with E-state index in [9.17, 15) is 5.21 Å². The Bertz CT molecular complexity index is 774. The van der Waals surface area contributed by atoms with Gasteiger partial charge in [-0.2, -0.15) is 0 Å². The Labute approximate surface area is 186 Å². The van der Waals surface area contributed by atoms with E-state index in [2.05, 4.69) is 91.1 Å². The second-order valence-electron chi connectivity index (χ2n) is 11.8. The van der Waals surface area contributed by atoms with Gasteiger partial charge in [-0.15, -0.1) is 0 Å². The molecule has 0 heterocycles. The van der Waals surface area contributed by atoms with Gasteiger partial charge in [0.15, 0.2) is 0 Å². The standard InChI is InChI=1S/C24H43NO3Si2/c1-23(2,3)29(7,8)27-18-15-16-20(19-13-11-12-14-21(19)25-26)22(17-18)28-30(9,10)24(4,5)6/h15-17,19,26H,11-14H2,1-10H3. The molecule has 1 aliphatic rings. The van der Waals surface area contributed by atoms with Gasteiger partial charge in [-0.05, 0) is 61.6 Å². The number of benzene rings is 1. The van der Waals surface area contributed by atoms with Crippen molar-refractivity contribution in [3.8, 4) is 11.5 Å². The largest absolute Gasteiger partial charge is 0.543 e. The monoisotopic (exact) mass is 449 g/mol. The Kier molecular flexibility index (Phi) is 7.24. The number of oxime groups is 1. The molecule has 6 heteroatoms. The van der Waals surface area contributed by atoms with Crippen LogP contribution in [0, 0.1) is 0 Å². The first-order valence-corrected chi connectivity index (χ1v) is 17.1. The van der Waals surface area contributed by atoms with Crippen molar-refractivity contribution in [1.29, 1.82) is 0 Å². The predicted octanol–water partition coefficient (Wildman–Crippen LogP) is 7.94. The van der Waals surface area contributed by atoms with Crippen LogP contribution in [-0.4, -0.2) is 27.6 Å². The Hall–Kier alpha value is -1.28. The summed E-state index contributed by atoms with van der Waals surface area (Å²) in [7, 11) is -3.99. The maximum absolute atomic E-state index is 9.61. The number of nitrogens with zero attached hydrogens (tertiary/aromatic N) is 1. The molecule has 1 aliphatic carbocycles. The molecule has 0 saturated heterocycles. The van der Waals surface area contributed by atoms with Gasteiger partial charge < -0.3 is 14.1 Å².